The largest absolute Gasteiger partial charge is 0.407 e. The van der Waals surface area contributed by atoms with Crippen LogP contribution in [0.4, 0.5) is 10.7 Å². The molecule has 1 saturated heterocycles. The normalized spacial score (nSPS) is 17.8. The van der Waals surface area contributed by atoms with Gasteiger partial charge < -0.3 is 5.11 Å². The minimum absolute atomic E-state index is 0.0758. The second-order valence-corrected chi connectivity index (χ2v) is 8.23. The maximum Gasteiger partial charge on any atom is 0.407 e. The molecule has 2 aliphatic rings. The minimum atomic E-state index is -0.667. The number of imidazole rings is 1. The first-order valence-corrected chi connectivity index (χ1v) is 10.9. The smallest absolute Gasteiger partial charge is 0.396 e. The fourth-order valence-corrected chi connectivity index (χ4v) is 4.37. The number of carbonyl (C=O) groups excluding carboxylic acids is 2. The Bertz CT molecular complexity index is 1050. The van der Waals surface area contributed by atoms with Crippen LogP contribution in [0.1, 0.15) is 49.2 Å². The van der Waals surface area contributed by atoms with Crippen LogP contribution < -0.4 is 4.57 Å². The van der Waals surface area contributed by atoms with E-state index in [0.29, 0.717) is 18.2 Å². The predicted octanol–water partition coefficient (Wildman–Crippen LogP) is 2.59. The average molecular weight is 425 g/mol. The number of unbranched alkanes of at least 4 members (excludes halogenated alkanes) is 1. The molecule has 31 heavy (non-hydrogen) atoms. The van der Waals surface area contributed by atoms with E-state index in [-0.39, 0.29) is 19.1 Å². The van der Waals surface area contributed by atoms with Crippen molar-refractivity contribution < 1.29 is 19.3 Å². The fraction of sp³-hybridized carbons (Fsp3) is 0.478. The van der Waals surface area contributed by atoms with Gasteiger partial charge in [-0.05, 0) is 50.8 Å². The van der Waals surface area contributed by atoms with Crippen molar-refractivity contribution in [2.75, 3.05) is 20.2 Å². The van der Waals surface area contributed by atoms with Crippen LogP contribution in [-0.2, 0) is 11.2 Å². The van der Waals surface area contributed by atoms with E-state index in [2.05, 4.69) is 31.2 Å². The van der Waals surface area contributed by atoms with E-state index >= 15 is 0 Å². The van der Waals surface area contributed by atoms with E-state index < -0.39 is 12.1 Å². The van der Waals surface area contributed by atoms with Crippen molar-refractivity contribution in [3.05, 3.63) is 41.2 Å². The van der Waals surface area contributed by atoms with Crippen molar-refractivity contribution in [1.82, 2.24) is 14.4 Å². The van der Waals surface area contributed by atoms with Gasteiger partial charge in [0.25, 0.3) is 5.91 Å². The number of urea groups is 1. The number of carbonyl (C=O) groups is 2. The second-order valence-electron chi connectivity index (χ2n) is 8.23. The SMILES string of the molecule is CCCCc1ccc(-n2c(C)c(C)[n+]3c2N=C2C3C(=O)N(CCCO)C(=O)N2C)cc1. The monoisotopic (exact) mass is 424 g/mol. The number of amides is 3. The summed E-state index contributed by atoms with van der Waals surface area (Å²) in [5.41, 5.74) is 4.23. The molecule has 0 aliphatic carbocycles. The highest BCUT2D eigenvalue weighted by molar-refractivity contribution is 6.19. The van der Waals surface area contributed by atoms with Crippen molar-refractivity contribution in [3.63, 3.8) is 0 Å². The highest BCUT2D eigenvalue weighted by atomic mass is 16.3. The number of benzene rings is 1. The summed E-state index contributed by atoms with van der Waals surface area (Å²) < 4.78 is 3.97. The standard InChI is InChI=1S/C23H30N5O3/c1-5-6-8-17-9-11-18(12-10-17)27-15(2)16(3)28-19-20(24-22(27)28)25(4)23(31)26(21(19)30)13-7-14-29/h9-12,19,29H,5-8,13-14H2,1-4H3/q+1. The maximum absolute atomic E-state index is 13.3. The molecule has 4 rings (SSSR count). The zero-order valence-corrected chi connectivity index (χ0v) is 18.6. The number of likely N-dealkylation sites (N-methyl/N-ethyl adjacent to an activating group) is 1. The van der Waals surface area contributed by atoms with Crippen LogP contribution in [0.2, 0.25) is 0 Å². The van der Waals surface area contributed by atoms with Gasteiger partial charge in [0.05, 0.1) is 0 Å². The predicted molar refractivity (Wildman–Crippen MR) is 117 cm³/mol. The highest BCUT2D eigenvalue weighted by Crippen LogP contribution is 2.33. The number of aliphatic hydroxyl groups is 1. The molecule has 8 heteroatoms. The molecule has 1 unspecified atom stereocenters. The van der Waals surface area contributed by atoms with Crippen molar-refractivity contribution in [1.29, 1.82) is 0 Å². The lowest BCUT2D eigenvalue weighted by atomic mass is 10.1. The third kappa shape index (κ3) is 3.35. The lowest BCUT2D eigenvalue weighted by Crippen LogP contribution is -2.63. The first-order chi connectivity index (χ1) is 14.9. The van der Waals surface area contributed by atoms with Gasteiger partial charge in [-0.1, -0.05) is 30.5 Å². The topological polar surface area (TPSA) is 82.0 Å². The molecule has 1 N–H and O–H groups in total. The summed E-state index contributed by atoms with van der Waals surface area (Å²) in [7, 11) is 1.65. The van der Waals surface area contributed by atoms with Crippen LogP contribution in [0.5, 0.6) is 0 Å². The Labute approximate surface area is 182 Å². The number of nitrogens with zero attached hydrogens (tertiary/aromatic N) is 5. The summed E-state index contributed by atoms with van der Waals surface area (Å²) in [6.45, 7) is 6.30. The lowest BCUT2D eigenvalue weighted by molar-refractivity contribution is -0.682. The third-order valence-corrected chi connectivity index (χ3v) is 6.27. The van der Waals surface area contributed by atoms with Crippen LogP contribution in [0.25, 0.3) is 5.69 Å². The number of hydrogen-bond donors (Lipinski definition) is 1. The fourth-order valence-electron chi connectivity index (χ4n) is 4.37. The molecule has 0 saturated carbocycles. The van der Waals surface area contributed by atoms with Crippen molar-refractivity contribution >= 4 is 23.7 Å². The molecule has 0 spiro atoms. The first-order valence-electron chi connectivity index (χ1n) is 10.9. The molecule has 1 atom stereocenters. The Balaban J connectivity index is 1.76. The number of amidine groups is 1. The van der Waals surface area contributed by atoms with Crippen molar-refractivity contribution in [2.45, 2.75) is 52.5 Å². The zero-order valence-electron chi connectivity index (χ0n) is 18.6. The molecule has 164 valence electrons. The third-order valence-electron chi connectivity index (χ3n) is 6.27. The Morgan fingerprint density at radius 3 is 2.48 bits per heavy atom. The molecule has 0 radical (unpaired) electrons. The molecule has 3 amide bonds. The number of aliphatic hydroxyl groups excluding tert-OH is 1. The van der Waals surface area contributed by atoms with Crippen LogP contribution >= 0.6 is 0 Å². The molecular weight excluding hydrogens is 394 g/mol. The minimum Gasteiger partial charge on any atom is -0.396 e. The average Bonchev–Trinajstić information content (AvgIpc) is 3.27. The lowest BCUT2D eigenvalue weighted by Gasteiger charge is -2.33. The number of aromatic nitrogens is 2. The molecule has 3 heterocycles. The summed E-state index contributed by atoms with van der Waals surface area (Å²) in [4.78, 5) is 33.4. The zero-order chi connectivity index (χ0) is 22.3. The summed E-state index contributed by atoms with van der Waals surface area (Å²) in [6.07, 6.45) is 3.74. The Kier molecular flexibility index (Phi) is 5.66. The molecule has 1 fully saturated rings. The van der Waals surface area contributed by atoms with E-state index in [1.165, 1.54) is 15.4 Å². The van der Waals surface area contributed by atoms with Gasteiger partial charge in [-0.2, -0.15) is 4.57 Å². The number of hydrogen-bond acceptors (Lipinski definition) is 4. The Morgan fingerprint density at radius 2 is 1.84 bits per heavy atom. The molecule has 8 nitrogen and oxygen atoms in total. The van der Waals surface area contributed by atoms with Gasteiger partial charge in [0.15, 0.2) is 0 Å². The summed E-state index contributed by atoms with van der Waals surface area (Å²) in [5.74, 6) is 0.796. The van der Waals surface area contributed by atoms with Gasteiger partial charge >= 0.3 is 12.0 Å². The molecular formula is C23H30N5O3+. The quantitative estimate of drug-likeness (QED) is 0.694. The van der Waals surface area contributed by atoms with Crippen LogP contribution in [0.3, 0.4) is 0 Å². The van der Waals surface area contributed by atoms with E-state index in [4.69, 9.17) is 10.1 Å². The maximum atomic E-state index is 13.3. The summed E-state index contributed by atoms with van der Waals surface area (Å²) >= 11 is 0. The molecule has 0 bridgehead atoms. The summed E-state index contributed by atoms with van der Waals surface area (Å²) in [6, 6.07) is 7.39. The molecule has 2 aromatic rings. The van der Waals surface area contributed by atoms with Crippen molar-refractivity contribution in [2.24, 2.45) is 4.99 Å². The Morgan fingerprint density at radius 1 is 1.13 bits per heavy atom. The molecule has 2 aliphatic heterocycles. The number of aryl methyl sites for hydroxylation is 1. The Hall–Kier alpha value is -3.00. The number of aliphatic imine (C=N–C) groups is 1. The first kappa shape index (κ1) is 21.2. The van der Waals surface area contributed by atoms with Gasteiger partial charge in [-0.25, -0.2) is 9.36 Å². The van der Waals surface area contributed by atoms with E-state index in [1.54, 1.807) is 7.05 Å². The van der Waals surface area contributed by atoms with Gasteiger partial charge in [0.2, 0.25) is 11.9 Å². The second kappa shape index (κ2) is 8.26. The van der Waals surface area contributed by atoms with Gasteiger partial charge in [-0.3, -0.25) is 14.6 Å². The van der Waals surface area contributed by atoms with E-state index in [1.807, 2.05) is 23.0 Å². The number of fused-ring (bicyclic) bond motifs is 3. The summed E-state index contributed by atoms with van der Waals surface area (Å²) in [5, 5.41) is 9.16. The van der Waals surface area contributed by atoms with Crippen LogP contribution in [0, 0.1) is 13.8 Å². The van der Waals surface area contributed by atoms with Gasteiger partial charge in [0, 0.05) is 20.2 Å². The van der Waals surface area contributed by atoms with Crippen LogP contribution in [0.15, 0.2) is 29.3 Å². The van der Waals surface area contributed by atoms with Gasteiger partial charge in [-0.15, -0.1) is 0 Å². The number of rotatable bonds is 7. The molecule has 1 aromatic heterocycles. The molecule has 1 aromatic carbocycles. The van der Waals surface area contributed by atoms with Crippen molar-refractivity contribution in [3.8, 4) is 5.69 Å². The van der Waals surface area contributed by atoms with E-state index in [9.17, 15) is 9.59 Å². The van der Waals surface area contributed by atoms with Gasteiger partial charge in [0.1, 0.15) is 17.1 Å². The van der Waals surface area contributed by atoms with E-state index in [0.717, 1.165) is 36.3 Å². The van der Waals surface area contributed by atoms with Crippen LogP contribution in [-0.4, -0.2) is 57.4 Å². The highest BCUT2D eigenvalue weighted by Gasteiger charge is 2.54. The number of imide groups is 1.